The van der Waals surface area contributed by atoms with Crippen molar-refractivity contribution in [3.05, 3.63) is 60.5 Å². The molecule has 3 heterocycles. The van der Waals surface area contributed by atoms with Crippen LogP contribution in [0.5, 0.6) is 0 Å². The fourth-order valence-electron chi connectivity index (χ4n) is 2.60. The van der Waals surface area contributed by atoms with Crippen LogP contribution in [0.15, 0.2) is 58.2 Å². The summed E-state index contributed by atoms with van der Waals surface area (Å²) in [7, 11) is -3.86. The lowest BCUT2D eigenvalue weighted by molar-refractivity contribution is 0.216. The van der Waals surface area contributed by atoms with Crippen molar-refractivity contribution in [2.45, 2.75) is 10.8 Å². The van der Waals surface area contributed by atoms with E-state index in [4.69, 9.17) is 4.52 Å². The number of hydrogen-bond acceptors (Lipinski definition) is 6. The molecule has 0 atom stereocenters. The van der Waals surface area contributed by atoms with Gasteiger partial charge in [-0.2, -0.15) is 9.29 Å². The molecule has 7 nitrogen and oxygen atoms in total. The lowest BCUT2D eigenvalue weighted by atomic mass is 10.0. The van der Waals surface area contributed by atoms with Gasteiger partial charge in [0.25, 0.3) is 0 Å². The molecule has 0 amide bonds. The van der Waals surface area contributed by atoms with Crippen molar-refractivity contribution < 1.29 is 17.3 Å². The molecule has 1 fully saturated rings. The Morgan fingerprint density at radius 2 is 1.84 bits per heavy atom. The van der Waals surface area contributed by atoms with Crippen molar-refractivity contribution in [3.8, 4) is 11.4 Å². The van der Waals surface area contributed by atoms with Gasteiger partial charge in [0, 0.05) is 31.0 Å². The van der Waals surface area contributed by atoms with Gasteiger partial charge in [0.1, 0.15) is 10.7 Å². The van der Waals surface area contributed by atoms with Gasteiger partial charge in [-0.3, -0.25) is 4.98 Å². The van der Waals surface area contributed by atoms with Gasteiger partial charge in [0.05, 0.1) is 5.92 Å². The van der Waals surface area contributed by atoms with Gasteiger partial charge in [-0.1, -0.05) is 17.3 Å². The molecule has 4 rings (SSSR count). The van der Waals surface area contributed by atoms with Gasteiger partial charge >= 0.3 is 0 Å². The maximum atomic E-state index is 13.8. The third-order valence-electron chi connectivity index (χ3n) is 4.03. The summed E-state index contributed by atoms with van der Waals surface area (Å²) in [6, 6.07) is 8.84. The molecule has 1 saturated heterocycles. The Morgan fingerprint density at radius 1 is 1.12 bits per heavy atom. The van der Waals surface area contributed by atoms with Gasteiger partial charge in [-0.15, -0.1) is 0 Å². The number of rotatable bonds is 4. The number of nitrogens with zero attached hydrogens (tertiary/aromatic N) is 4. The third-order valence-corrected chi connectivity index (χ3v) is 5.90. The molecule has 0 spiro atoms. The van der Waals surface area contributed by atoms with E-state index in [1.165, 1.54) is 22.5 Å². The lowest BCUT2D eigenvalue weighted by Crippen LogP contribution is -2.48. The molecule has 0 aliphatic carbocycles. The molecular weight excluding hydrogens is 347 g/mol. The minimum Gasteiger partial charge on any atom is -0.339 e. The van der Waals surface area contributed by atoms with Crippen molar-refractivity contribution >= 4 is 10.0 Å². The molecule has 9 heteroatoms. The van der Waals surface area contributed by atoms with Crippen LogP contribution in [0, 0.1) is 5.82 Å². The minimum atomic E-state index is -3.86. The van der Waals surface area contributed by atoms with E-state index in [2.05, 4.69) is 15.1 Å². The van der Waals surface area contributed by atoms with Crippen LogP contribution in [0.2, 0.25) is 0 Å². The van der Waals surface area contributed by atoms with E-state index in [-0.39, 0.29) is 23.9 Å². The Balaban J connectivity index is 1.49. The standard InChI is InChI=1S/C16H13FN4O3S/c17-13-3-1-2-4-14(13)25(22,23)21-9-12(10-21)16-19-15(20-24-16)11-5-7-18-8-6-11/h1-8,12H,9-10H2. The topological polar surface area (TPSA) is 89.2 Å². The smallest absolute Gasteiger partial charge is 0.246 e. The van der Waals surface area contributed by atoms with Crippen molar-refractivity contribution in [2.75, 3.05) is 13.1 Å². The highest BCUT2D eigenvalue weighted by Crippen LogP contribution is 2.32. The zero-order chi connectivity index (χ0) is 17.4. The second-order valence-corrected chi connectivity index (χ2v) is 7.55. The Morgan fingerprint density at radius 3 is 2.56 bits per heavy atom. The average molecular weight is 360 g/mol. The van der Waals surface area contributed by atoms with Gasteiger partial charge in [-0.05, 0) is 24.3 Å². The molecule has 0 N–H and O–H groups in total. The zero-order valence-electron chi connectivity index (χ0n) is 12.9. The van der Waals surface area contributed by atoms with Crippen LogP contribution in [0.1, 0.15) is 11.8 Å². The van der Waals surface area contributed by atoms with Crippen molar-refractivity contribution in [1.29, 1.82) is 0 Å². The molecule has 1 aromatic carbocycles. The highest BCUT2D eigenvalue weighted by Gasteiger charge is 2.41. The highest BCUT2D eigenvalue weighted by atomic mass is 32.2. The molecule has 0 unspecified atom stereocenters. The fraction of sp³-hybridized carbons (Fsp3) is 0.188. The summed E-state index contributed by atoms with van der Waals surface area (Å²) in [5.74, 6) is -0.173. The molecule has 0 radical (unpaired) electrons. The van der Waals surface area contributed by atoms with E-state index in [1.54, 1.807) is 24.5 Å². The summed E-state index contributed by atoms with van der Waals surface area (Å²) in [5, 5.41) is 3.91. The summed E-state index contributed by atoms with van der Waals surface area (Å²) >= 11 is 0. The number of benzene rings is 1. The Hall–Kier alpha value is -2.65. The number of hydrogen-bond donors (Lipinski definition) is 0. The Bertz CT molecular complexity index is 1000. The van der Waals surface area contributed by atoms with Gasteiger partial charge in [-0.25, -0.2) is 12.8 Å². The predicted octanol–water partition coefficient (Wildman–Crippen LogP) is 2.06. The SMILES string of the molecule is O=S(=O)(c1ccccc1F)N1CC(c2nc(-c3ccncc3)no2)C1. The van der Waals surface area contributed by atoms with Gasteiger partial charge in [0.15, 0.2) is 0 Å². The molecule has 0 bridgehead atoms. The molecule has 128 valence electrons. The first kappa shape index (κ1) is 15.9. The molecular formula is C16H13FN4O3S. The van der Waals surface area contributed by atoms with E-state index >= 15 is 0 Å². The van der Waals surface area contributed by atoms with Crippen LogP contribution in [0.25, 0.3) is 11.4 Å². The summed E-state index contributed by atoms with van der Waals surface area (Å²) in [4.78, 5) is 7.91. The monoisotopic (exact) mass is 360 g/mol. The summed E-state index contributed by atoms with van der Waals surface area (Å²) in [5.41, 5.74) is 0.764. The average Bonchev–Trinajstić information content (AvgIpc) is 3.04. The molecule has 0 saturated carbocycles. The number of halogens is 1. The fourth-order valence-corrected chi connectivity index (χ4v) is 4.20. The third kappa shape index (κ3) is 2.81. The molecule has 25 heavy (non-hydrogen) atoms. The summed E-state index contributed by atoms with van der Waals surface area (Å²) in [6.07, 6.45) is 3.24. The van der Waals surface area contributed by atoms with E-state index in [0.717, 1.165) is 11.6 Å². The van der Waals surface area contributed by atoms with Gasteiger partial charge in [0.2, 0.25) is 21.7 Å². The first-order valence-corrected chi connectivity index (χ1v) is 8.98. The maximum Gasteiger partial charge on any atom is 0.246 e. The maximum absolute atomic E-state index is 13.8. The van der Waals surface area contributed by atoms with E-state index in [0.29, 0.717) is 11.7 Å². The molecule has 1 aliphatic rings. The second-order valence-electron chi connectivity index (χ2n) is 5.64. The Labute approximate surface area is 143 Å². The van der Waals surface area contributed by atoms with Crippen LogP contribution in [-0.4, -0.2) is 40.9 Å². The van der Waals surface area contributed by atoms with Crippen LogP contribution >= 0.6 is 0 Å². The first-order chi connectivity index (χ1) is 12.1. The number of pyridine rings is 1. The highest BCUT2D eigenvalue weighted by molar-refractivity contribution is 7.89. The Kier molecular flexibility index (Phi) is 3.81. The summed E-state index contributed by atoms with van der Waals surface area (Å²) in [6.45, 7) is 0.350. The largest absolute Gasteiger partial charge is 0.339 e. The van der Waals surface area contributed by atoms with Crippen molar-refractivity contribution in [2.24, 2.45) is 0 Å². The quantitative estimate of drug-likeness (QED) is 0.707. The predicted molar refractivity (Wildman–Crippen MR) is 85.4 cm³/mol. The molecule has 3 aromatic rings. The van der Waals surface area contributed by atoms with E-state index in [1.807, 2.05) is 0 Å². The van der Waals surface area contributed by atoms with E-state index < -0.39 is 15.8 Å². The number of aromatic nitrogens is 3. The number of sulfonamides is 1. The van der Waals surface area contributed by atoms with Crippen LogP contribution < -0.4 is 0 Å². The zero-order valence-corrected chi connectivity index (χ0v) is 13.7. The molecule has 1 aliphatic heterocycles. The lowest BCUT2D eigenvalue weighted by Gasteiger charge is -2.35. The van der Waals surface area contributed by atoms with Gasteiger partial charge < -0.3 is 4.52 Å². The van der Waals surface area contributed by atoms with Crippen LogP contribution in [-0.2, 0) is 10.0 Å². The first-order valence-electron chi connectivity index (χ1n) is 7.54. The summed E-state index contributed by atoms with van der Waals surface area (Å²) < 4.78 is 45.1. The van der Waals surface area contributed by atoms with Crippen LogP contribution in [0.3, 0.4) is 0 Å². The van der Waals surface area contributed by atoms with Crippen molar-refractivity contribution in [3.63, 3.8) is 0 Å². The van der Waals surface area contributed by atoms with Crippen LogP contribution in [0.4, 0.5) is 4.39 Å². The second kappa shape index (κ2) is 6.01. The molecule has 2 aromatic heterocycles. The normalized spacial score (nSPS) is 15.9. The van der Waals surface area contributed by atoms with Crippen molar-refractivity contribution in [1.82, 2.24) is 19.4 Å². The minimum absolute atomic E-state index is 0.175. The van der Waals surface area contributed by atoms with E-state index in [9.17, 15) is 12.8 Å².